The number of fused-ring (bicyclic) bond motifs is 1. The number of rotatable bonds is 3. The molecule has 120 valence electrons. The molecule has 4 rings (SSSR count). The molecule has 4 aromatic rings. The van der Waals surface area contributed by atoms with Gasteiger partial charge in [0.2, 0.25) is 0 Å². The molecule has 0 radical (unpaired) electrons. The largest absolute Gasteiger partial charge is 0.390 e. The van der Waals surface area contributed by atoms with Gasteiger partial charge in [0.25, 0.3) is 0 Å². The molecule has 0 saturated heterocycles. The van der Waals surface area contributed by atoms with Crippen molar-refractivity contribution in [3.63, 3.8) is 0 Å². The Balaban J connectivity index is 1.88. The Bertz CT molecular complexity index is 1020. The number of hydrogen-bond acceptors (Lipinski definition) is 3. The van der Waals surface area contributed by atoms with E-state index in [4.69, 9.17) is 23.2 Å². The van der Waals surface area contributed by atoms with Gasteiger partial charge in [-0.3, -0.25) is 4.40 Å². The summed E-state index contributed by atoms with van der Waals surface area (Å²) in [6.07, 6.45) is 2.00. The highest BCUT2D eigenvalue weighted by atomic mass is 35.5. The summed E-state index contributed by atoms with van der Waals surface area (Å²) in [7, 11) is 0. The van der Waals surface area contributed by atoms with E-state index in [1.54, 1.807) is 23.5 Å². The lowest BCUT2D eigenvalue weighted by molar-refractivity contribution is 0.276. The minimum atomic E-state index is -0.125. The van der Waals surface area contributed by atoms with Crippen molar-refractivity contribution in [1.29, 1.82) is 0 Å². The van der Waals surface area contributed by atoms with Gasteiger partial charge in [0.05, 0.1) is 27.9 Å². The summed E-state index contributed by atoms with van der Waals surface area (Å²) < 4.78 is 1.92. The summed E-state index contributed by atoms with van der Waals surface area (Å²) in [5, 5.41) is 11.0. The third-order valence-corrected chi connectivity index (χ3v) is 5.40. The number of hydrogen-bond donors (Lipinski definition) is 1. The van der Waals surface area contributed by atoms with Gasteiger partial charge in [0, 0.05) is 16.8 Å². The minimum Gasteiger partial charge on any atom is -0.390 e. The van der Waals surface area contributed by atoms with Crippen LogP contribution < -0.4 is 0 Å². The first-order valence-corrected chi connectivity index (χ1v) is 8.87. The molecule has 0 aliphatic carbocycles. The summed E-state index contributed by atoms with van der Waals surface area (Å²) >= 11 is 13.8. The number of aromatic nitrogens is 2. The van der Waals surface area contributed by atoms with Crippen LogP contribution in [0.15, 0.2) is 54.7 Å². The highest BCUT2D eigenvalue weighted by Crippen LogP contribution is 2.36. The van der Waals surface area contributed by atoms with E-state index in [2.05, 4.69) is 17.1 Å². The molecule has 0 saturated carbocycles. The van der Waals surface area contributed by atoms with Crippen LogP contribution in [0.3, 0.4) is 0 Å². The van der Waals surface area contributed by atoms with Crippen molar-refractivity contribution >= 4 is 39.5 Å². The zero-order valence-corrected chi connectivity index (χ0v) is 14.7. The van der Waals surface area contributed by atoms with Gasteiger partial charge >= 0.3 is 0 Å². The monoisotopic (exact) mass is 374 g/mol. The number of halogens is 2. The molecule has 0 spiro atoms. The molecule has 0 atom stereocenters. The third-order valence-electron chi connectivity index (χ3n) is 3.82. The van der Waals surface area contributed by atoms with E-state index < -0.39 is 0 Å². The zero-order valence-electron chi connectivity index (χ0n) is 12.4. The maximum absolute atomic E-state index is 9.87. The van der Waals surface area contributed by atoms with E-state index in [-0.39, 0.29) is 6.61 Å². The van der Waals surface area contributed by atoms with Crippen LogP contribution in [0, 0.1) is 0 Å². The standard InChI is InChI=1S/C18H12Cl2N2OS/c19-12-6-7-13(14(20)8-12)17-15(10-23)22-9-16(24-18(22)21-17)11-4-2-1-3-5-11/h1-9,23H,10H2. The van der Waals surface area contributed by atoms with E-state index in [1.807, 2.05) is 34.9 Å². The van der Waals surface area contributed by atoms with Crippen LogP contribution >= 0.6 is 34.5 Å². The van der Waals surface area contributed by atoms with Gasteiger partial charge < -0.3 is 5.11 Å². The van der Waals surface area contributed by atoms with Gasteiger partial charge in [-0.25, -0.2) is 4.98 Å². The maximum atomic E-state index is 9.87. The molecule has 0 fully saturated rings. The van der Waals surface area contributed by atoms with E-state index in [0.717, 1.165) is 21.0 Å². The van der Waals surface area contributed by atoms with Gasteiger partial charge in [0.15, 0.2) is 4.96 Å². The highest BCUT2D eigenvalue weighted by molar-refractivity contribution is 7.20. The van der Waals surface area contributed by atoms with Crippen LogP contribution in [0.25, 0.3) is 26.7 Å². The first-order valence-electron chi connectivity index (χ1n) is 7.30. The molecule has 6 heteroatoms. The molecule has 2 heterocycles. The molecule has 2 aromatic heterocycles. The number of aliphatic hydroxyl groups excluding tert-OH is 1. The summed E-state index contributed by atoms with van der Waals surface area (Å²) in [6.45, 7) is -0.125. The molecular weight excluding hydrogens is 363 g/mol. The molecule has 0 aliphatic rings. The lowest BCUT2D eigenvalue weighted by atomic mass is 10.1. The van der Waals surface area contributed by atoms with Gasteiger partial charge in [-0.15, -0.1) is 0 Å². The normalized spacial score (nSPS) is 11.3. The molecule has 0 aliphatic heterocycles. The minimum absolute atomic E-state index is 0.125. The Morgan fingerprint density at radius 1 is 1.08 bits per heavy atom. The van der Waals surface area contributed by atoms with Crippen LogP contribution in [0.1, 0.15) is 5.69 Å². The quantitative estimate of drug-likeness (QED) is 0.511. The highest BCUT2D eigenvalue weighted by Gasteiger charge is 2.18. The van der Waals surface area contributed by atoms with Gasteiger partial charge in [-0.05, 0) is 23.8 Å². The maximum Gasteiger partial charge on any atom is 0.195 e. The number of imidazole rings is 1. The fraction of sp³-hybridized carbons (Fsp3) is 0.0556. The Morgan fingerprint density at radius 3 is 2.58 bits per heavy atom. The van der Waals surface area contributed by atoms with Crippen molar-refractivity contribution in [2.75, 3.05) is 0 Å². The zero-order chi connectivity index (χ0) is 16.7. The molecular formula is C18H12Cl2N2OS. The van der Waals surface area contributed by atoms with Crippen LogP contribution in [0.2, 0.25) is 10.0 Å². The van der Waals surface area contributed by atoms with E-state index >= 15 is 0 Å². The SMILES string of the molecule is OCc1c(-c2ccc(Cl)cc2Cl)nc2sc(-c3ccccc3)cn12. The van der Waals surface area contributed by atoms with E-state index in [9.17, 15) is 5.11 Å². The fourth-order valence-electron chi connectivity index (χ4n) is 2.67. The second kappa shape index (κ2) is 6.22. The smallest absolute Gasteiger partial charge is 0.195 e. The summed E-state index contributed by atoms with van der Waals surface area (Å²) in [6, 6.07) is 15.4. The van der Waals surface area contributed by atoms with Crippen molar-refractivity contribution in [1.82, 2.24) is 9.38 Å². The third kappa shape index (κ3) is 2.62. The summed E-state index contributed by atoms with van der Waals surface area (Å²) in [5.74, 6) is 0. The fourth-order valence-corrected chi connectivity index (χ4v) is 4.18. The average molecular weight is 375 g/mol. The van der Waals surface area contributed by atoms with E-state index in [0.29, 0.717) is 21.4 Å². The van der Waals surface area contributed by atoms with Crippen molar-refractivity contribution in [3.8, 4) is 21.7 Å². The molecule has 0 unspecified atom stereocenters. The average Bonchev–Trinajstić information content (AvgIpc) is 3.13. The topological polar surface area (TPSA) is 37.5 Å². The van der Waals surface area contributed by atoms with E-state index in [1.165, 1.54) is 0 Å². The predicted molar refractivity (Wildman–Crippen MR) is 99.9 cm³/mol. The molecule has 2 aromatic carbocycles. The Kier molecular flexibility index (Phi) is 4.06. The lowest BCUT2D eigenvalue weighted by Gasteiger charge is -2.04. The van der Waals surface area contributed by atoms with Crippen molar-refractivity contribution in [2.45, 2.75) is 6.61 Å². The Labute approximate surface area is 152 Å². The van der Waals surface area contributed by atoms with Crippen molar-refractivity contribution in [3.05, 3.63) is 70.5 Å². The van der Waals surface area contributed by atoms with Crippen LogP contribution in [0.4, 0.5) is 0 Å². The van der Waals surface area contributed by atoms with Gasteiger partial charge in [0.1, 0.15) is 0 Å². The van der Waals surface area contributed by atoms with Gasteiger partial charge in [-0.2, -0.15) is 0 Å². The Morgan fingerprint density at radius 2 is 1.88 bits per heavy atom. The number of aliphatic hydroxyl groups is 1. The van der Waals surface area contributed by atoms with Crippen LogP contribution in [-0.4, -0.2) is 14.5 Å². The number of benzene rings is 2. The summed E-state index contributed by atoms with van der Waals surface area (Å²) in [5.41, 5.74) is 3.29. The molecule has 0 amide bonds. The van der Waals surface area contributed by atoms with Crippen molar-refractivity contribution in [2.24, 2.45) is 0 Å². The van der Waals surface area contributed by atoms with Crippen molar-refractivity contribution < 1.29 is 5.11 Å². The molecule has 0 bridgehead atoms. The first-order chi connectivity index (χ1) is 11.7. The molecule has 1 N–H and O–H groups in total. The van der Waals surface area contributed by atoms with Crippen LogP contribution in [-0.2, 0) is 6.61 Å². The second-order valence-electron chi connectivity index (χ2n) is 5.30. The summed E-state index contributed by atoms with van der Waals surface area (Å²) in [4.78, 5) is 6.60. The van der Waals surface area contributed by atoms with Crippen LogP contribution in [0.5, 0.6) is 0 Å². The first kappa shape index (κ1) is 15.7. The lowest BCUT2D eigenvalue weighted by Crippen LogP contribution is -1.93. The molecule has 3 nitrogen and oxygen atoms in total. The number of nitrogens with zero attached hydrogens (tertiary/aromatic N) is 2. The Hall–Kier alpha value is -1.85. The van der Waals surface area contributed by atoms with Gasteiger partial charge in [-0.1, -0.05) is 64.9 Å². The number of thiazole rings is 1. The molecule has 24 heavy (non-hydrogen) atoms. The second-order valence-corrected chi connectivity index (χ2v) is 7.16. The predicted octanol–water partition coefficient (Wildman–Crippen LogP) is 5.53.